The highest BCUT2D eigenvalue weighted by Gasteiger charge is 2.13. The molecular weight excluding hydrogens is 242 g/mol. The highest BCUT2D eigenvalue weighted by atomic mass is 35.5. The largest absolute Gasteiger partial charge is 0.342 e. The second-order valence-electron chi connectivity index (χ2n) is 3.43. The lowest BCUT2D eigenvalue weighted by Gasteiger charge is -2.10. The predicted molar refractivity (Wildman–Crippen MR) is 61.5 cm³/mol. The maximum atomic E-state index is 11.8. The number of aromatic nitrogens is 4. The van der Waals surface area contributed by atoms with Crippen LogP contribution in [-0.4, -0.2) is 26.1 Å². The average molecular weight is 252 g/mol. The summed E-state index contributed by atoms with van der Waals surface area (Å²) in [7, 11) is 0. The van der Waals surface area contributed by atoms with E-state index in [0.29, 0.717) is 11.4 Å². The lowest BCUT2D eigenvalue weighted by atomic mass is 10.2. The zero-order chi connectivity index (χ0) is 12.3. The fraction of sp³-hybridized carbons (Fsp3) is 0.200. The van der Waals surface area contributed by atoms with Crippen LogP contribution in [0.15, 0.2) is 24.7 Å². The molecule has 2 aromatic rings. The number of nitrogens with zero attached hydrogens (tertiary/aromatic N) is 3. The van der Waals surface area contributed by atoms with Crippen LogP contribution in [0.5, 0.6) is 0 Å². The van der Waals surface area contributed by atoms with E-state index in [9.17, 15) is 4.79 Å². The van der Waals surface area contributed by atoms with Gasteiger partial charge in [-0.05, 0) is 19.1 Å². The number of hydrogen-bond donors (Lipinski definition) is 2. The molecule has 2 heterocycles. The van der Waals surface area contributed by atoms with E-state index in [0.717, 1.165) is 0 Å². The van der Waals surface area contributed by atoms with Crippen molar-refractivity contribution in [3.63, 3.8) is 0 Å². The van der Waals surface area contributed by atoms with Gasteiger partial charge in [-0.3, -0.25) is 9.89 Å². The van der Waals surface area contributed by atoms with Crippen molar-refractivity contribution in [2.45, 2.75) is 13.0 Å². The molecule has 7 heteroatoms. The third-order valence-corrected chi connectivity index (χ3v) is 2.39. The van der Waals surface area contributed by atoms with Crippen LogP contribution in [0.25, 0.3) is 0 Å². The summed E-state index contributed by atoms with van der Waals surface area (Å²) in [6.07, 6.45) is 2.87. The maximum Gasteiger partial charge on any atom is 0.252 e. The molecule has 6 nitrogen and oxygen atoms in total. The van der Waals surface area contributed by atoms with Gasteiger partial charge in [-0.2, -0.15) is 5.10 Å². The second-order valence-corrected chi connectivity index (χ2v) is 3.82. The summed E-state index contributed by atoms with van der Waals surface area (Å²) in [6.45, 7) is 1.81. The van der Waals surface area contributed by atoms with Crippen molar-refractivity contribution in [1.82, 2.24) is 25.5 Å². The van der Waals surface area contributed by atoms with Gasteiger partial charge in [0.25, 0.3) is 5.91 Å². The molecule has 0 aliphatic heterocycles. The van der Waals surface area contributed by atoms with Gasteiger partial charge >= 0.3 is 0 Å². The van der Waals surface area contributed by atoms with Crippen molar-refractivity contribution < 1.29 is 4.79 Å². The van der Waals surface area contributed by atoms with Crippen LogP contribution in [0.2, 0.25) is 5.15 Å². The number of halogens is 1. The van der Waals surface area contributed by atoms with Crippen LogP contribution in [0.3, 0.4) is 0 Å². The first-order valence-corrected chi connectivity index (χ1v) is 5.32. The van der Waals surface area contributed by atoms with Gasteiger partial charge in [-0.15, -0.1) is 0 Å². The van der Waals surface area contributed by atoms with E-state index in [4.69, 9.17) is 11.6 Å². The molecule has 1 amide bonds. The number of rotatable bonds is 3. The molecule has 0 aliphatic rings. The van der Waals surface area contributed by atoms with E-state index < -0.39 is 0 Å². The molecule has 88 valence electrons. The van der Waals surface area contributed by atoms with Gasteiger partial charge in [-0.1, -0.05) is 11.6 Å². The van der Waals surface area contributed by atoms with Crippen molar-refractivity contribution in [2.24, 2.45) is 0 Å². The van der Waals surface area contributed by atoms with Gasteiger partial charge in [0.2, 0.25) is 0 Å². The highest BCUT2D eigenvalue weighted by molar-refractivity contribution is 6.29. The number of aromatic amines is 1. The molecule has 0 aliphatic carbocycles. The molecular formula is C10H10ClN5O. The SMILES string of the molecule is CC(NC(=O)c1ccnc(Cl)c1)c1ncn[nH]1. The summed E-state index contributed by atoms with van der Waals surface area (Å²) in [5.74, 6) is 0.358. The average Bonchev–Trinajstić information content (AvgIpc) is 2.82. The Kier molecular flexibility index (Phi) is 3.34. The van der Waals surface area contributed by atoms with Crippen LogP contribution in [0, 0.1) is 0 Å². The van der Waals surface area contributed by atoms with Crippen LogP contribution < -0.4 is 5.32 Å². The monoisotopic (exact) mass is 251 g/mol. The third-order valence-electron chi connectivity index (χ3n) is 2.18. The molecule has 17 heavy (non-hydrogen) atoms. The van der Waals surface area contributed by atoms with E-state index >= 15 is 0 Å². The molecule has 0 bridgehead atoms. The number of H-pyrrole nitrogens is 1. The van der Waals surface area contributed by atoms with Gasteiger partial charge in [-0.25, -0.2) is 9.97 Å². The molecule has 0 aromatic carbocycles. The Morgan fingerprint density at radius 3 is 3.00 bits per heavy atom. The van der Waals surface area contributed by atoms with E-state index in [2.05, 4.69) is 25.5 Å². The summed E-state index contributed by atoms with van der Waals surface area (Å²) in [5, 5.41) is 9.46. The van der Waals surface area contributed by atoms with Gasteiger partial charge in [0, 0.05) is 11.8 Å². The van der Waals surface area contributed by atoms with Gasteiger partial charge in [0.1, 0.15) is 17.3 Å². The lowest BCUT2D eigenvalue weighted by Crippen LogP contribution is -2.27. The Bertz CT molecular complexity index is 513. The van der Waals surface area contributed by atoms with Crippen molar-refractivity contribution in [3.8, 4) is 0 Å². The Hall–Kier alpha value is -1.95. The summed E-state index contributed by atoms with van der Waals surface area (Å²) in [5.41, 5.74) is 0.455. The molecule has 0 radical (unpaired) electrons. The molecule has 0 saturated carbocycles. The second kappa shape index (κ2) is 4.92. The van der Waals surface area contributed by atoms with Crippen molar-refractivity contribution >= 4 is 17.5 Å². The summed E-state index contributed by atoms with van der Waals surface area (Å²) >= 11 is 5.71. The number of nitrogens with one attached hydrogen (secondary N) is 2. The number of amides is 1. The van der Waals surface area contributed by atoms with Crippen LogP contribution >= 0.6 is 11.6 Å². The zero-order valence-corrected chi connectivity index (χ0v) is 9.77. The minimum atomic E-state index is -0.253. The summed E-state index contributed by atoms with van der Waals surface area (Å²) in [4.78, 5) is 19.6. The topological polar surface area (TPSA) is 83.6 Å². The van der Waals surface area contributed by atoms with Crippen molar-refractivity contribution in [3.05, 3.63) is 41.2 Å². The van der Waals surface area contributed by atoms with E-state index in [1.807, 2.05) is 0 Å². The number of pyridine rings is 1. The van der Waals surface area contributed by atoms with Gasteiger partial charge in [0.15, 0.2) is 0 Å². The smallest absolute Gasteiger partial charge is 0.252 e. The Morgan fingerprint density at radius 1 is 1.53 bits per heavy atom. The maximum absolute atomic E-state index is 11.8. The Labute approximate surface area is 102 Å². The number of carbonyl (C=O) groups excluding carboxylic acids is 1. The van der Waals surface area contributed by atoms with Gasteiger partial charge < -0.3 is 5.32 Å². The zero-order valence-electron chi connectivity index (χ0n) is 9.01. The third kappa shape index (κ3) is 2.79. The lowest BCUT2D eigenvalue weighted by molar-refractivity contribution is 0.0938. The molecule has 2 rings (SSSR count). The molecule has 0 saturated heterocycles. The highest BCUT2D eigenvalue weighted by Crippen LogP contribution is 2.10. The first-order valence-electron chi connectivity index (χ1n) is 4.94. The summed E-state index contributed by atoms with van der Waals surface area (Å²) in [6, 6.07) is 2.84. The standard InChI is InChI=1S/C10H10ClN5O/c1-6(9-13-5-14-16-9)15-10(17)7-2-3-12-8(11)4-7/h2-6H,1H3,(H,15,17)(H,13,14,16). The van der Waals surface area contributed by atoms with Crippen LogP contribution in [-0.2, 0) is 0 Å². The Morgan fingerprint density at radius 2 is 2.35 bits per heavy atom. The fourth-order valence-electron chi connectivity index (χ4n) is 1.32. The van der Waals surface area contributed by atoms with Crippen molar-refractivity contribution in [2.75, 3.05) is 0 Å². The quantitative estimate of drug-likeness (QED) is 0.807. The van der Waals surface area contributed by atoms with Gasteiger partial charge in [0.05, 0.1) is 6.04 Å². The fourth-order valence-corrected chi connectivity index (χ4v) is 1.49. The Balaban J connectivity index is 2.07. The molecule has 1 atom stereocenters. The predicted octanol–water partition coefficient (Wildman–Crippen LogP) is 1.34. The molecule has 0 spiro atoms. The first kappa shape index (κ1) is 11.5. The molecule has 0 fully saturated rings. The normalized spacial score (nSPS) is 12.1. The molecule has 1 unspecified atom stereocenters. The van der Waals surface area contributed by atoms with Crippen LogP contribution in [0.4, 0.5) is 0 Å². The summed E-state index contributed by atoms with van der Waals surface area (Å²) < 4.78 is 0. The minimum Gasteiger partial charge on any atom is -0.342 e. The van der Waals surface area contributed by atoms with Crippen LogP contribution in [0.1, 0.15) is 29.1 Å². The van der Waals surface area contributed by atoms with E-state index in [-0.39, 0.29) is 17.1 Å². The van der Waals surface area contributed by atoms with E-state index in [1.165, 1.54) is 18.6 Å². The molecule has 2 N–H and O–H groups in total. The van der Waals surface area contributed by atoms with E-state index in [1.54, 1.807) is 13.0 Å². The first-order chi connectivity index (χ1) is 8.16. The number of carbonyl (C=O) groups is 1. The number of hydrogen-bond acceptors (Lipinski definition) is 4. The minimum absolute atomic E-state index is 0.238. The van der Waals surface area contributed by atoms with Crippen molar-refractivity contribution in [1.29, 1.82) is 0 Å². The molecule has 2 aromatic heterocycles.